The lowest BCUT2D eigenvalue weighted by Crippen LogP contribution is -2.10. The fourth-order valence-electron chi connectivity index (χ4n) is 1.98. The maximum atomic E-state index is 6.14. The summed E-state index contributed by atoms with van der Waals surface area (Å²) < 4.78 is 0. The molecule has 0 bridgehead atoms. The van der Waals surface area contributed by atoms with Gasteiger partial charge in [-0.3, -0.25) is 0 Å². The van der Waals surface area contributed by atoms with Gasteiger partial charge in [0.2, 0.25) is 0 Å². The molecule has 3 nitrogen and oxygen atoms in total. The van der Waals surface area contributed by atoms with Crippen LogP contribution < -0.4 is 11.5 Å². The summed E-state index contributed by atoms with van der Waals surface area (Å²) in [5.41, 5.74) is 14.0. The van der Waals surface area contributed by atoms with E-state index in [9.17, 15) is 0 Å². The van der Waals surface area contributed by atoms with Crippen molar-refractivity contribution in [2.24, 2.45) is 11.5 Å². The maximum Gasteiger partial charge on any atom is 0.0454 e. The van der Waals surface area contributed by atoms with Crippen molar-refractivity contribution in [3.8, 4) is 0 Å². The Balaban J connectivity index is 0.00000144. The molecule has 0 amide bonds. The van der Waals surface area contributed by atoms with Crippen molar-refractivity contribution in [1.82, 2.24) is 4.98 Å². The van der Waals surface area contributed by atoms with Crippen LogP contribution >= 0.6 is 12.4 Å². The molecular formula is C13H20ClN3. The van der Waals surface area contributed by atoms with Crippen LogP contribution in [0.15, 0.2) is 30.5 Å². The van der Waals surface area contributed by atoms with Crippen LogP contribution in [-0.4, -0.2) is 11.5 Å². The summed E-state index contributed by atoms with van der Waals surface area (Å²) in [4.78, 5) is 3.18. The van der Waals surface area contributed by atoms with Gasteiger partial charge in [0.25, 0.3) is 0 Å². The van der Waals surface area contributed by atoms with E-state index in [0.717, 1.165) is 31.3 Å². The Morgan fingerprint density at radius 1 is 1.18 bits per heavy atom. The molecule has 4 heteroatoms. The molecule has 2 rings (SSSR count). The molecule has 1 atom stereocenters. The van der Waals surface area contributed by atoms with Crippen molar-refractivity contribution in [1.29, 1.82) is 0 Å². The first-order valence-electron chi connectivity index (χ1n) is 5.84. The molecule has 5 N–H and O–H groups in total. The van der Waals surface area contributed by atoms with Gasteiger partial charge in [0, 0.05) is 17.8 Å². The van der Waals surface area contributed by atoms with Crippen LogP contribution in [0.25, 0.3) is 10.9 Å². The topological polar surface area (TPSA) is 67.8 Å². The van der Waals surface area contributed by atoms with E-state index in [-0.39, 0.29) is 18.4 Å². The molecule has 17 heavy (non-hydrogen) atoms. The molecule has 0 radical (unpaired) electrons. The normalized spacial score (nSPS) is 12.4. The van der Waals surface area contributed by atoms with Crippen molar-refractivity contribution in [3.63, 3.8) is 0 Å². The lowest BCUT2D eigenvalue weighted by molar-refractivity contribution is 0.591. The molecule has 0 fully saturated rings. The molecule has 2 aromatic rings. The Labute approximate surface area is 108 Å². The van der Waals surface area contributed by atoms with Crippen LogP contribution in [0.2, 0.25) is 0 Å². The van der Waals surface area contributed by atoms with E-state index in [4.69, 9.17) is 11.5 Å². The minimum Gasteiger partial charge on any atom is -0.361 e. The predicted octanol–water partition coefficient (Wildman–Crippen LogP) is 2.72. The average molecular weight is 254 g/mol. The zero-order valence-electron chi connectivity index (χ0n) is 9.86. The summed E-state index contributed by atoms with van der Waals surface area (Å²) in [6, 6.07) is 8.56. The lowest BCUT2D eigenvalue weighted by atomic mass is 10.0. The van der Waals surface area contributed by atoms with E-state index in [1.165, 1.54) is 10.9 Å². The third kappa shape index (κ3) is 3.46. The molecule has 0 saturated heterocycles. The molecule has 0 aliphatic rings. The molecule has 1 heterocycles. The second-order valence-corrected chi connectivity index (χ2v) is 4.22. The molecule has 1 aromatic carbocycles. The van der Waals surface area contributed by atoms with Gasteiger partial charge in [0.05, 0.1) is 0 Å². The highest BCUT2D eigenvalue weighted by Gasteiger charge is 2.06. The van der Waals surface area contributed by atoms with E-state index >= 15 is 0 Å². The average Bonchev–Trinajstić information content (AvgIpc) is 2.76. The largest absolute Gasteiger partial charge is 0.361 e. The van der Waals surface area contributed by atoms with Gasteiger partial charge in [0.15, 0.2) is 0 Å². The van der Waals surface area contributed by atoms with Crippen LogP contribution in [0.5, 0.6) is 0 Å². The van der Waals surface area contributed by atoms with Gasteiger partial charge >= 0.3 is 0 Å². The number of rotatable bonds is 5. The van der Waals surface area contributed by atoms with Gasteiger partial charge in [-0.05, 0) is 48.5 Å². The highest BCUT2D eigenvalue weighted by molar-refractivity contribution is 5.85. The zero-order valence-corrected chi connectivity index (χ0v) is 10.7. The molecule has 0 spiro atoms. The van der Waals surface area contributed by atoms with Crippen LogP contribution in [0, 0.1) is 0 Å². The first-order chi connectivity index (χ1) is 7.81. The van der Waals surface area contributed by atoms with Crippen LogP contribution in [-0.2, 0) is 0 Å². The molecule has 1 aromatic heterocycles. The molecule has 0 aliphatic heterocycles. The first kappa shape index (κ1) is 14.0. The number of unbranched alkanes of at least 4 members (excludes halogenated alkanes) is 1. The summed E-state index contributed by atoms with van der Waals surface area (Å²) in [6.07, 6.45) is 5.12. The number of aromatic amines is 1. The fourth-order valence-corrected chi connectivity index (χ4v) is 1.98. The van der Waals surface area contributed by atoms with Crippen molar-refractivity contribution in [2.75, 3.05) is 6.54 Å². The number of aromatic nitrogens is 1. The number of fused-ring (bicyclic) bond motifs is 1. The SMILES string of the molecule is Cl.NCCCC[C@@H](N)c1ccc2[nH]ccc2c1. The Kier molecular flexibility index (Phi) is 5.48. The van der Waals surface area contributed by atoms with Crippen LogP contribution in [0.3, 0.4) is 0 Å². The van der Waals surface area contributed by atoms with Crippen LogP contribution in [0.4, 0.5) is 0 Å². The van der Waals surface area contributed by atoms with Gasteiger partial charge in [-0.2, -0.15) is 0 Å². The Morgan fingerprint density at radius 2 is 2.00 bits per heavy atom. The van der Waals surface area contributed by atoms with E-state index in [1.54, 1.807) is 0 Å². The molecule has 0 aliphatic carbocycles. The maximum absolute atomic E-state index is 6.14. The number of halogens is 1. The third-order valence-electron chi connectivity index (χ3n) is 2.97. The fraction of sp³-hybridized carbons (Fsp3) is 0.385. The summed E-state index contributed by atoms with van der Waals surface area (Å²) in [5.74, 6) is 0. The minimum absolute atomic E-state index is 0. The van der Waals surface area contributed by atoms with Crippen molar-refractivity contribution in [2.45, 2.75) is 25.3 Å². The third-order valence-corrected chi connectivity index (χ3v) is 2.97. The second-order valence-electron chi connectivity index (χ2n) is 4.22. The zero-order chi connectivity index (χ0) is 11.4. The summed E-state index contributed by atoms with van der Waals surface area (Å²) in [7, 11) is 0. The number of nitrogens with one attached hydrogen (secondary N) is 1. The van der Waals surface area contributed by atoms with E-state index in [0.29, 0.717) is 0 Å². The number of hydrogen-bond donors (Lipinski definition) is 3. The summed E-state index contributed by atoms with van der Waals surface area (Å²) in [6.45, 7) is 0.754. The minimum atomic E-state index is 0. The smallest absolute Gasteiger partial charge is 0.0454 e. The second kappa shape index (κ2) is 6.64. The molecule has 0 saturated carbocycles. The quantitative estimate of drug-likeness (QED) is 0.718. The van der Waals surface area contributed by atoms with Gasteiger partial charge < -0.3 is 16.5 Å². The molecule has 0 unspecified atom stereocenters. The van der Waals surface area contributed by atoms with E-state index in [1.807, 2.05) is 6.20 Å². The number of hydrogen-bond acceptors (Lipinski definition) is 2. The first-order valence-corrected chi connectivity index (χ1v) is 5.84. The van der Waals surface area contributed by atoms with Crippen molar-refractivity contribution < 1.29 is 0 Å². The lowest BCUT2D eigenvalue weighted by Gasteiger charge is -2.11. The van der Waals surface area contributed by atoms with Crippen molar-refractivity contribution in [3.05, 3.63) is 36.0 Å². The molecular weight excluding hydrogens is 234 g/mol. The van der Waals surface area contributed by atoms with Gasteiger partial charge in [0.1, 0.15) is 0 Å². The highest BCUT2D eigenvalue weighted by atomic mass is 35.5. The van der Waals surface area contributed by atoms with Crippen molar-refractivity contribution >= 4 is 23.3 Å². The Hall–Kier alpha value is -1.03. The standard InChI is InChI=1S/C13H19N3.ClH/c14-7-2-1-3-12(15)10-4-5-13-11(9-10)6-8-16-13;/h4-6,8-9,12,16H,1-3,7,14-15H2;1H/t12-;/m1./s1. The Morgan fingerprint density at radius 3 is 2.76 bits per heavy atom. The van der Waals surface area contributed by atoms with E-state index in [2.05, 4.69) is 29.2 Å². The number of nitrogens with two attached hydrogens (primary N) is 2. The number of benzene rings is 1. The molecule has 94 valence electrons. The van der Waals surface area contributed by atoms with Crippen LogP contribution in [0.1, 0.15) is 30.9 Å². The summed E-state index contributed by atoms with van der Waals surface area (Å²) >= 11 is 0. The van der Waals surface area contributed by atoms with Gasteiger partial charge in [-0.25, -0.2) is 0 Å². The predicted molar refractivity (Wildman–Crippen MR) is 75.4 cm³/mol. The summed E-state index contributed by atoms with van der Waals surface area (Å²) in [5, 5.41) is 1.23. The highest BCUT2D eigenvalue weighted by Crippen LogP contribution is 2.21. The number of H-pyrrole nitrogens is 1. The van der Waals surface area contributed by atoms with Gasteiger partial charge in [-0.15, -0.1) is 12.4 Å². The van der Waals surface area contributed by atoms with E-state index < -0.39 is 0 Å². The Bertz CT molecular complexity index is 453. The monoisotopic (exact) mass is 253 g/mol. The van der Waals surface area contributed by atoms with Gasteiger partial charge in [-0.1, -0.05) is 12.5 Å².